The smallest absolute Gasteiger partial charge is 0.408 e. The number of nitrogens with one attached hydrogen (secondary N) is 1. The Kier molecular flexibility index (Phi) is 5.79. The largest absolute Gasteiger partial charge is 0.419 e. The number of halogens is 1. The molecule has 5 rings (SSSR count). The summed E-state index contributed by atoms with van der Waals surface area (Å²) in [4.78, 5) is 27.6. The number of hydrogen-bond donors (Lipinski definition) is 1. The molecule has 2 aromatic heterocycles. The van der Waals surface area contributed by atoms with E-state index >= 15 is 0 Å². The van der Waals surface area contributed by atoms with Gasteiger partial charge in [-0.05, 0) is 69.8 Å². The summed E-state index contributed by atoms with van der Waals surface area (Å²) in [5.74, 6) is -0.360. The summed E-state index contributed by atoms with van der Waals surface area (Å²) in [6.45, 7) is 3.14. The van der Waals surface area contributed by atoms with Crippen LogP contribution in [-0.4, -0.2) is 45.8 Å². The molecule has 0 saturated heterocycles. The summed E-state index contributed by atoms with van der Waals surface area (Å²) < 4.78 is 8.76. The molecule has 9 heteroatoms. The van der Waals surface area contributed by atoms with E-state index in [1.54, 1.807) is 29.0 Å². The van der Waals surface area contributed by atoms with E-state index in [2.05, 4.69) is 10.4 Å². The molecule has 4 aromatic rings. The molecular weight excluding hydrogens is 454 g/mol. The van der Waals surface area contributed by atoms with Crippen LogP contribution in [0, 0.1) is 6.92 Å². The first-order chi connectivity index (χ1) is 16.3. The van der Waals surface area contributed by atoms with Crippen LogP contribution in [-0.2, 0) is 6.54 Å². The summed E-state index contributed by atoms with van der Waals surface area (Å²) in [6.07, 6.45) is 3.65. The highest BCUT2D eigenvalue weighted by Crippen LogP contribution is 2.43. The lowest BCUT2D eigenvalue weighted by Gasteiger charge is -2.11. The minimum Gasteiger partial charge on any atom is -0.408 e. The fourth-order valence-electron chi connectivity index (χ4n) is 4.05. The summed E-state index contributed by atoms with van der Waals surface area (Å²) >= 11 is 6.33. The molecule has 0 atom stereocenters. The molecule has 1 N–H and O–H groups in total. The zero-order valence-corrected chi connectivity index (χ0v) is 20.1. The molecule has 1 aliphatic rings. The zero-order valence-electron chi connectivity index (χ0n) is 19.3. The number of likely N-dealkylation sites (N-methyl/N-ethyl adjacent to an activating group) is 1. The topological polar surface area (TPSA) is 85.3 Å². The molecule has 34 heavy (non-hydrogen) atoms. The SMILES string of the molecule is Cc1ccc(-n2ncc(C(=O)Nc3ccc4oc(=O)n(CCN(C)C)c4c3)c2C2CC2)cc1Cl. The van der Waals surface area contributed by atoms with E-state index in [-0.39, 0.29) is 11.8 Å². The maximum atomic E-state index is 13.3. The van der Waals surface area contributed by atoms with Gasteiger partial charge in [0.1, 0.15) is 0 Å². The van der Waals surface area contributed by atoms with Crippen molar-refractivity contribution < 1.29 is 9.21 Å². The van der Waals surface area contributed by atoms with Gasteiger partial charge in [0.15, 0.2) is 5.58 Å². The molecule has 0 spiro atoms. The molecule has 0 aliphatic heterocycles. The lowest BCUT2D eigenvalue weighted by molar-refractivity contribution is 0.102. The number of aromatic nitrogens is 3. The number of anilines is 1. The lowest BCUT2D eigenvalue weighted by Crippen LogP contribution is -2.23. The molecule has 1 fully saturated rings. The van der Waals surface area contributed by atoms with Gasteiger partial charge in [-0.2, -0.15) is 5.10 Å². The van der Waals surface area contributed by atoms with Crippen molar-refractivity contribution in [2.24, 2.45) is 0 Å². The number of fused-ring (bicyclic) bond motifs is 1. The van der Waals surface area contributed by atoms with Crippen LogP contribution in [0.5, 0.6) is 0 Å². The normalized spacial score (nSPS) is 13.7. The van der Waals surface area contributed by atoms with Crippen molar-refractivity contribution in [1.29, 1.82) is 0 Å². The number of oxazole rings is 1. The average Bonchev–Trinajstić information content (AvgIpc) is 3.45. The summed E-state index contributed by atoms with van der Waals surface area (Å²) in [5, 5.41) is 8.16. The van der Waals surface area contributed by atoms with Gasteiger partial charge in [0, 0.05) is 29.7 Å². The Morgan fingerprint density at radius 3 is 2.74 bits per heavy atom. The molecular formula is C25H26ClN5O3. The Labute approximate surface area is 201 Å². The monoisotopic (exact) mass is 479 g/mol. The first-order valence-electron chi connectivity index (χ1n) is 11.3. The van der Waals surface area contributed by atoms with Gasteiger partial charge in [-0.3, -0.25) is 9.36 Å². The fourth-order valence-corrected chi connectivity index (χ4v) is 4.23. The van der Waals surface area contributed by atoms with Crippen molar-refractivity contribution in [3.63, 3.8) is 0 Å². The van der Waals surface area contributed by atoms with Crippen LogP contribution >= 0.6 is 11.6 Å². The molecule has 1 amide bonds. The Balaban J connectivity index is 1.45. The van der Waals surface area contributed by atoms with E-state index in [0.29, 0.717) is 40.5 Å². The number of nitrogens with zero attached hydrogens (tertiary/aromatic N) is 4. The van der Waals surface area contributed by atoms with Gasteiger partial charge >= 0.3 is 5.76 Å². The standard InChI is InChI=1S/C25H26ClN5O3/c1-15-4-8-18(13-20(15)26)31-23(16-5-6-16)19(14-27-31)24(32)28-17-7-9-22-21(12-17)30(25(33)34-22)11-10-29(2)3/h4,7-9,12-14,16H,5-6,10-11H2,1-3H3,(H,28,32). The molecule has 1 saturated carbocycles. The molecule has 2 heterocycles. The predicted octanol–water partition coefficient (Wildman–Crippen LogP) is 4.43. The number of carbonyl (C=O) groups is 1. The van der Waals surface area contributed by atoms with Crippen molar-refractivity contribution in [2.75, 3.05) is 26.0 Å². The third-order valence-electron chi connectivity index (χ3n) is 6.11. The van der Waals surface area contributed by atoms with Gasteiger partial charge in [-0.15, -0.1) is 0 Å². The van der Waals surface area contributed by atoms with E-state index in [1.165, 1.54) is 0 Å². The summed E-state index contributed by atoms with van der Waals surface area (Å²) in [6, 6.07) is 11.0. The van der Waals surface area contributed by atoms with E-state index < -0.39 is 5.76 Å². The highest BCUT2D eigenvalue weighted by molar-refractivity contribution is 6.31. The second kappa shape index (κ2) is 8.77. The Morgan fingerprint density at radius 2 is 2.03 bits per heavy atom. The number of benzene rings is 2. The second-order valence-electron chi connectivity index (χ2n) is 9.02. The Hall–Kier alpha value is -3.36. The number of rotatable bonds is 7. The predicted molar refractivity (Wildman–Crippen MR) is 132 cm³/mol. The van der Waals surface area contributed by atoms with Crippen LogP contribution in [0.4, 0.5) is 5.69 Å². The molecule has 176 valence electrons. The van der Waals surface area contributed by atoms with Crippen molar-refractivity contribution >= 4 is 34.3 Å². The Morgan fingerprint density at radius 1 is 1.24 bits per heavy atom. The van der Waals surface area contributed by atoms with Crippen LogP contribution in [0.15, 0.2) is 51.8 Å². The van der Waals surface area contributed by atoms with E-state index in [1.807, 2.05) is 48.8 Å². The molecule has 2 aromatic carbocycles. The second-order valence-corrected chi connectivity index (χ2v) is 9.43. The van der Waals surface area contributed by atoms with E-state index in [9.17, 15) is 9.59 Å². The van der Waals surface area contributed by atoms with Gasteiger partial charge < -0.3 is 14.6 Å². The molecule has 1 aliphatic carbocycles. The van der Waals surface area contributed by atoms with Gasteiger partial charge in [0.25, 0.3) is 5.91 Å². The van der Waals surface area contributed by atoms with Gasteiger partial charge in [-0.25, -0.2) is 9.48 Å². The third kappa shape index (κ3) is 4.26. The first kappa shape index (κ1) is 22.4. The zero-order chi connectivity index (χ0) is 24.0. The average molecular weight is 480 g/mol. The molecule has 0 unspecified atom stereocenters. The number of carbonyl (C=O) groups excluding carboxylic acids is 1. The quantitative estimate of drug-likeness (QED) is 0.423. The van der Waals surface area contributed by atoms with Crippen LogP contribution < -0.4 is 11.1 Å². The van der Waals surface area contributed by atoms with Crippen molar-refractivity contribution in [2.45, 2.75) is 32.2 Å². The maximum absolute atomic E-state index is 13.3. The summed E-state index contributed by atoms with van der Waals surface area (Å²) in [5.41, 5.74) is 4.98. The van der Waals surface area contributed by atoms with Crippen molar-refractivity contribution in [1.82, 2.24) is 19.2 Å². The summed E-state index contributed by atoms with van der Waals surface area (Å²) in [7, 11) is 3.89. The number of aryl methyl sites for hydroxylation is 1. The van der Waals surface area contributed by atoms with Crippen LogP contribution in [0.1, 0.15) is 40.4 Å². The van der Waals surface area contributed by atoms with Crippen molar-refractivity contribution in [3.8, 4) is 5.69 Å². The minimum absolute atomic E-state index is 0.239. The fraction of sp³-hybridized carbons (Fsp3) is 0.320. The Bertz CT molecular complexity index is 1440. The first-order valence-corrected chi connectivity index (χ1v) is 11.6. The van der Waals surface area contributed by atoms with E-state index in [4.69, 9.17) is 16.0 Å². The van der Waals surface area contributed by atoms with Crippen LogP contribution in [0.2, 0.25) is 5.02 Å². The molecule has 0 radical (unpaired) electrons. The lowest BCUT2D eigenvalue weighted by atomic mass is 10.1. The maximum Gasteiger partial charge on any atom is 0.419 e. The van der Waals surface area contributed by atoms with Gasteiger partial charge in [-0.1, -0.05) is 17.7 Å². The van der Waals surface area contributed by atoms with Crippen LogP contribution in [0.25, 0.3) is 16.8 Å². The third-order valence-corrected chi connectivity index (χ3v) is 6.52. The molecule has 8 nitrogen and oxygen atoms in total. The number of hydrogen-bond acceptors (Lipinski definition) is 5. The highest BCUT2D eigenvalue weighted by atomic mass is 35.5. The van der Waals surface area contributed by atoms with Crippen LogP contribution in [0.3, 0.4) is 0 Å². The molecule has 0 bridgehead atoms. The van der Waals surface area contributed by atoms with Gasteiger partial charge in [0.2, 0.25) is 0 Å². The highest BCUT2D eigenvalue weighted by Gasteiger charge is 2.33. The van der Waals surface area contributed by atoms with Crippen molar-refractivity contribution in [3.05, 3.63) is 75.0 Å². The minimum atomic E-state index is -0.408. The number of amides is 1. The van der Waals surface area contributed by atoms with Gasteiger partial charge in [0.05, 0.1) is 28.7 Å². The van der Waals surface area contributed by atoms with E-state index in [0.717, 1.165) is 29.8 Å².